The first kappa shape index (κ1) is 22.5. The number of carbonyl (C=O) groups is 2. The molecule has 2 aromatic rings. The Hall–Kier alpha value is -2.75. The van der Waals surface area contributed by atoms with Gasteiger partial charge in [0.05, 0.1) is 21.3 Å². The van der Waals surface area contributed by atoms with E-state index < -0.39 is 11.8 Å². The van der Waals surface area contributed by atoms with Crippen LogP contribution in [-0.4, -0.2) is 38.3 Å². The summed E-state index contributed by atoms with van der Waals surface area (Å²) in [6.07, 6.45) is 0. The highest BCUT2D eigenvalue weighted by Gasteiger charge is 2.17. The number of thiocarbonyl (C=S) groups is 1. The first-order valence-electron chi connectivity index (χ1n) is 7.96. The van der Waals surface area contributed by atoms with Crippen molar-refractivity contribution in [3.05, 3.63) is 51.5 Å². The molecule has 2 aromatic carbocycles. The second kappa shape index (κ2) is 10.1. The van der Waals surface area contributed by atoms with Gasteiger partial charge in [-0.1, -0.05) is 23.2 Å². The van der Waals surface area contributed by atoms with Gasteiger partial charge in [-0.3, -0.25) is 25.8 Å². The van der Waals surface area contributed by atoms with Gasteiger partial charge in [0, 0.05) is 21.2 Å². The van der Waals surface area contributed by atoms with Crippen molar-refractivity contribution in [2.24, 2.45) is 0 Å². The number of carbonyl (C=O) groups excluding carboxylic acids is 2. The van der Waals surface area contributed by atoms with Crippen molar-refractivity contribution < 1.29 is 23.8 Å². The molecule has 11 heteroatoms. The Labute approximate surface area is 182 Å². The van der Waals surface area contributed by atoms with E-state index in [2.05, 4.69) is 16.2 Å². The number of nitrogens with one attached hydrogen (secondary N) is 3. The molecule has 154 valence electrons. The van der Waals surface area contributed by atoms with Crippen molar-refractivity contribution in [3.8, 4) is 17.2 Å². The van der Waals surface area contributed by atoms with Gasteiger partial charge in [-0.15, -0.1) is 0 Å². The number of amides is 2. The molecule has 0 aliphatic carbocycles. The van der Waals surface area contributed by atoms with E-state index in [4.69, 9.17) is 49.6 Å². The molecule has 2 rings (SSSR count). The normalized spacial score (nSPS) is 9.97. The molecule has 0 heterocycles. The van der Waals surface area contributed by atoms with Crippen LogP contribution in [0.15, 0.2) is 30.3 Å². The maximum atomic E-state index is 12.4. The van der Waals surface area contributed by atoms with E-state index in [9.17, 15) is 9.59 Å². The summed E-state index contributed by atoms with van der Waals surface area (Å²) in [4.78, 5) is 24.6. The SMILES string of the molecule is COc1cc(C(=O)NNC(=S)NC(=O)c2cc(Cl)cc(Cl)c2)cc(OC)c1OC. The number of benzene rings is 2. The van der Waals surface area contributed by atoms with Crippen LogP contribution in [0.25, 0.3) is 0 Å². The number of methoxy groups -OCH3 is 3. The number of hydrogen-bond acceptors (Lipinski definition) is 6. The zero-order valence-electron chi connectivity index (χ0n) is 15.6. The zero-order chi connectivity index (χ0) is 21.6. The standard InChI is InChI=1S/C18H17Cl2N3O5S/c1-26-13-6-10(7-14(27-2)15(13)28-3)17(25)22-23-18(29)21-16(24)9-4-11(19)8-12(20)5-9/h4-8H,1-3H3,(H,22,25)(H2,21,23,24,29). The largest absolute Gasteiger partial charge is 0.493 e. The van der Waals surface area contributed by atoms with E-state index in [1.165, 1.54) is 51.7 Å². The molecule has 0 aromatic heterocycles. The molecule has 0 atom stereocenters. The van der Waals surface area contributed by atoms with Gasteiger partial charge in [-0.05, 0) is 42.5 Å². The van der Waals surface area contributed by atoms with Gasteiger partial charge in [0.1, 0.15) is 0 Å². The Morgan fingerprint density at radius 3 is 1.79 bits per heavy atom. The third-order valence-electron chi connectivity index (χ3n) is 3.57. The van der Waals surface area contributed by atoms with Crippen LogP contribution >= 0.6 is 35.4 Å². The highest BCUT2D eigenvalue weighted by atomic mass is 35.5. The molecular weight excluding hydrogens is 441 g/mol. The van der Waals surface area contributed by atoms with E-state index in [1.807, 2.05) is 0 Å². The summed E-state index contributed by atoms with van der Waals surface area (Å²) in [6, 6.07) is 7.29. The summed E-state index contributed by atoms with van der Waals surface area (Å²) in [5.74, 6) is -0.125. The quantitative estimate of drug-likeness (QED) is 0.468. The topological polar surface area (TPSA) is 97.9 Å². The minimum Gasteiger partial charge on any atom is -0.493 e. The fraction of sp³-hybridized carbons (Fsp3) is 0.167. The molecular formula is C18H17Cl2N3O5S. The molecule has 0 saturated carbocycles. The Morgan fingerprint density at radius 1 is 0.793 bits per heavy atom. The van der Waals surface area contributed by atoms with Crippen LogP contribution in [0.2, 0.25) is 10.0 Å². The molecule has 2 amide bonds. The van der Waals surface area contributed by atoms with Crippen LogP contribution in [0.3, 0.4) is 0 Å². The predicted octanol–water partition coefficient (Wildman–Crippen LogP) is 2.97. The number of halogens is 2. The van der Waals surface area contributed by atoms with Crippen LogP contribution in [0.4, 0.5) is 0 Å². The van der Waals surface area contributed by atoms with E-state index >= 15 is 0 Å². The lowest BCUT2D eigenvalue weighted by Crippen LogP contribution is -2.48. The summed E-state index contributed by atoms with van der Waals surface area (Å²) in [5, 5.41) is 2.87. The van der Waals surface area contributed by atoms with E-state index in [0.717, 1.165) is 0 Å². The van der Waals surface area contributed by atoms with Crippen LogP contribution in [0.5, 0.6) is 17.2 Å². The van der Waals surface area contributed by atoms with E-state index in [-0.39, 0.29) is 16.2 Å². The highest BCUT2D eigenvalue weighted by molar-refractivity contribution is 7.80. The molecule has 0 aliphatic heterocycles. The van der Waals surface area contributed by atoms with Crippen molar-refractivity contribution >= 4 is 52.3 Å². The van der Waals surface area contributed by atoms with Crippen LogP contribution in [0, 0.1) is 0 Å². The van der Waals surface area contributed by atoms with Crippen molar-refractivity contribution in [3.63, 3.8) is 0 Å². The van der Waals surface area contributed by atoms with Gasteiger partial charge in [0.25, 0.3) is 11.8 Å². The average Bonchev–Trinajstić information content (AvgIpc) is 2.69. The summed E-state index contributed by atoms with van der Waals surface area (Å²) in [5.41, 5.74) is 5.23. The minimum atomic E-state index is -0.549. The summed E-state index contributed by atoms with van der Waals surface area (Å²) >= 11 is 16.8. The Bertz CT molecular complexity index is 910. The molecule has 0 unspecified atom stereocenters. The third kappa shape index (κ3) is 5.86. The van der Waals surface area contributed by atoms with Gasteiger partial charge in [-0.2, -0.15) is 0 Å². The van der Waals surface area contributed by atoms with Crippen molar-refractivity contribution in [1.82, 2.24) is 16.2 Å². The van der Waals surface area contributed by atoms with Crippen LogP contribution < -0.4 is 30.4 Å². The number of rotatable bonds is 5. The Kier molecular flexibility index (Phi) is 7.89. The van der Waals surface area contributed by atoms with Crippen LogP contribution in [-0.2, 0) is 0 Å². The van der Waals surface area contributed by atoms with Gasteiger partial charge in [-0.25, -0.2) is 0 Å². The van der Waals surface area contributed by atoms with Crippen LogP contribution in [0.1, 0.15) is 20.7 Å². The zero-order valence-corrected chi connectivity index (χ0v) is 17.9. The monoisotopic (exact) mass is 457 g/mol. The summed E-state index contributed by atoms with van der Waals surface area (Å²) < 4.78 is 15.6. The van der Waals surface area contributed by atoms with Crippen molar-refractivity contribution in [1.29, 1.82) is 0 Å². The first-order valence-corrected chi connectivity index (χ1v) is 9.13. The molecule has 29 heavy (non-hydrogen) atoms. The Morgan fingerprint density at radius 2 is 1.31 bits per heavy atom. The van der Waals surface area contributed by atoms with Gasteiger partial charge >= 0.3 is 0 Å². The van der Waals surface area contributed by atoms with Crippen molar-refractivity contribution in [2.75, 3.05) is 21.3 Å². The summed E-state index contributed by atoms with van der Waals surface area (Å²) in [6.45, 7) is 0. The van der Waals surface area contributed by atoms with Crippen molar-refractivity contribution in [2.45, 2.75) is 0 Å². The number of hydrazine groups is 1. The van der Waals surface area contributed by atoms with Gasteiger partial charge < -0.3 is 14.2 Å². The van der Waals surface area contributed by atoms with E-state index in [1.54, 1.807) is 0 Å². The highest BCUT2D eigenvalue weighted by Crippen LogP contribution is 2.38. The molecule has 0 fully saturated rings. The first-order chi connectivity index (χ1) is 13.8. The predicted molar refractivity (Wildman–Crippen MR) is 113 cm³/mol. The second-order valence-electron chi connectivity index (χ2n) is 5.43. The molecule has 0 bridgehead atoms. The molecule has 8 nitrogen and oxygen atoms in total. The molecule has 0 spiro atoms. The third-order valence-corrected chi connectivity index (χ3v) is 4.21. The lowest BCUT2D eigenvalue weighted by Gasteiger charge is -2.15. The number of hydrogen-bond donors (Lipinski definition) is 3. The fourth-order valence-electron chi connectivity index (χ4n) is 2.29. The lowest BCUT2D eigenvalue weighted by atomic mass is 10.1. The Balaban J connectivity index is 2.03. The molecule has 0 aliphatic rings. The fourth-order valence-corrected chi connectivity index (χ4v) is 2.96. The maximum Gasteiger partial charge on any atom is 0.269 e. The lowest BCUT2D eigenvalue weighted by molar-refractivity contribution is 0.0934. The summed E-state index contributed by atoms with van der Waals surface area (Å²) in [7, 11) is 4.32. The minimum absolute atomic E-state index is 0.133. The van der Waals surface area contributed by atoms with E-state index in [0.29, 0.717) is 27.3 Å². The average molecular weight is 458 g/mol. The molecule has 3 N–H and O–H groups in total. The number of ether oxygens (including phenoxy) is 3. The molecule has 0 radical (unpaired) electrons. The smallest absolute Gasteiger partial charge is 0.269 e. The van der Waals surface area contributed by atoms with Gasteiger partial charge in [0.2, 0.25) is 5.75 Å². The second-order valence-corrected chi connectivity index (χ2v) is 6.72. The maximum absolute atomic E-state index is 12.4. The molecule has 0 saturated heterocycles. The van der Waals surface area contributed by atoms with Gasteiger partial charge in [0.15, 0.2) is 16.6 Å².